The Hall–Kier alpha value is -3.04. The summed E-state index contributed by atoms with van der Waals surface area (Å²) < 4.78 is 21.6. The van der Waals surface area contributed by atoms with E-state index in [2.05, 4.69) is 15.5 Å². The van der Waals surface area contributed by atoms with Gasteiger partial charge in [0.25, 0.3) is 5.91 Å². The number of Topliss-reactive ketones (excluding diaryl/α,β-unsaturated/α-hetero) is 1. The highest BCUT2D eigenvalue weighted by molar-refractivity contribution is 6.33. The Morgan fingerprint density at radius 1 is 1.00 bits per heavy atom. The van der Waals surface area contributed by atoms with Crippen LogP contribution in [0.4, 0.5) is 11.4 Å². The summed E-state index contributed by atoms with van der Waals surface area (Å²) in [6.07, 6.45) is 0. The van der Waals surface area contributed by atoms with E-state index < -0.39 is 17.7 Å². The maximum atomic E-state index is 12.9. The van der Waals surface area contributed by atoms with Gasteiger partial charge in [-0.3, -0.25) is 9.59 Å². The Balaban J connectivity index is 2.42. The fraction of sp³-hybridized carbons (Fsp3) is 0.364. The molecule has 1 amide bonds. The summed E-state index contributed by atoms with van der Waals surface area (Å²) in [5.41, 5.74) is 0.352. The number of benzene rings is 2. The zero-order valence-electron chi connectivity index (χ0n) is 18.9. The van der Waals surface area contributed by atoms with Crippen LogP contribution in [0.3, 0.4) is 0 Å². The Morgan fingerprint density at radius 3 is 2.27 bits per heavy atom. The highest BCUT2D eigenvalue weighted by Crippen LogP contribution is 2.43. The third kappa shape index (κ3) is 6.49. The van der Waals surface area contributed by atoms with Crippen LogP contribution in [0.15, 0.2) is 34.5 Å². The van der Waals surface area contributed by atoms with Gasteiger partial charge in [0.2, 0.25) is 6.04 Å². The van der Waals surface area contributed by atoms with Crippen molar-refractivity contribution in [3.63, 3.8) is 0 Å². The molecule has 0 saturated carbocycles. The topological polar surface area (TPSA) is 108 Å². The van der Waals surface area contributed by atoms with E-state index in [1.807, 2.05) is 6.92 Å². The lowest BCUT2D eigenvalue weighted by Crippen LogP contribution is -2.32. The number of ether oxygens (including phenoxy) is 4. The highest BCUT2D eigenvalue weighted by Gasteiger charge is 2.26. The number of azo groups is 1. The summed E-state index contributed by atoms with van der Waals surface area (Å²) >= 11 is 12.5. The van der Waals surface area contributed by atoms with E-state index >= 15 is 0 Å². The molecular formula is C22H25Cl2N3O6. The minimum atomic E-state index is -1.47. The number of rotatable bonds is 11. The Kier molecular flexibility index (Phi) is 9.74. The third-order valence-electron chi connectivity index (χ3n) is 4.26. The van der Waals surface area contributed by atoms with Crippen LogP contribution in [0.25, 0.3) is 0 Å². The minimum Gasteiger partial charge on any atom is -0.497 e. The minimum absolute atomic E-state index is 0.144. The number of carbonyl (C=O) groups is 2. The van der Waals surface area contributed by atoms with Gasteiger partial charge in [-0.25, -0.2) is 0 Å². The number of carbonyl (C=O) groups excluding carboxylic acids is 2. The van der Waals surface area contributed by atoms with Crippen LogP contribution in [0.5, 0.6) is 23.0 Å². The number of hydrogen-bond donors (Lipinski definition) is 1. The van der Waals surface area contributed by atoms with Crippen molar-refractivity contribution < 1.29 is 28.5 Å². The van der Waals surface area contributed by atoms with Gasteiger partial charge in [-0.2, -0.15) is 5.11 Å². The predicted molar refractivity (Wildman–Crippen MR) is 126 cm³/mol. The van der Waals surface area contributed by atoms with Gasteiger partial charge in [0.15, 0.2) is 23.0 Å². The standard InChI is InChI=1S/C22H25Cl2N3O6/c1-6-32-17-9-8-14(23)19(21(17)33-7-2)27-26-18(12(3)28)22(29)25-16-11-13(30-4)10-15(24)20(16)31-5/h8-11,18H,6-7H2,1-5H3,(H,25,29). The molecule has 2 rings (SSSR count). The molecular weight excluding hydrogens is 473 g/mol. The largest absolute Gasteiger partial charge is 0.497 e. The van der Waals surface area contributed by atoms with Crippen LogP contribution in [0.1, 0.15) is 20.8 Å². The maximum Gasteiger partial charge on any atom is 0.258 e. The molecule has 1 N–H and O–H groups in total. The lowest BCUT2D eigenvalue weighted by molar-refractivity contribution is -0.126. The van der Waals surface area contributed by atoms with Crippen LogP contribution in [0.2, 0.25) is 10.0 Å². The quantitative estimate of drug-likeness (QED) is 0.324. The number of halogens is 2. The van der Waals surface area contributed by atoms with Crippen LogP contribution < -0.4 is 24.3 Å². The average molecular weight is 498 g/mol. The van der Waals surface area contributed by atoms with Gasteiger partial charge >= 0.3 is 0 Å². The number of nitrogens with zero attached hydrogens (tertiary/aromatic N) is 2. The molecule has 2 aromatic carbocycles. The Bertz CT molecular complexity index is 1050. The maximum absolute atomic E-state index is 12.9. The van der Waals surface area contributed by atoms with Gasteiger partial charge in [0.05, 0.1) is 43.2 Å². The SMILES string of the molecule is CCOc1ccc(Cl)c(N=NC(C(C)=O)C(=O)Nc2cc(OC)cc(Cl)c2OC)c1OCC. The molecule has 0 saturated heterocycles. The first kappa shape index (κ1) is 26.2. The summed E-state index contributed by atoms with van der Waals surface area (Å²) in [6.45, 7) is 5.54. The van der Waals surface area contributed by atoms with E-state index in [0.717, 1.165) is 0 Å². The second-order valence-electron chi connectivity index (χ2n) is 6.50. The molecule has 0 aliphatic heterocycles. The van der Waals surface area contributed by atoms with Crippen molar-refractivity contribution in [2.45, 2.75) is 26.8 Å². The number of nitrogens with one attached hydrogen (secondary N) is 1. The van der Waals surface area contributed by atoms with Gasteiger partial charge in [-0.15, -0.1) is 5.11 Å². The van der Waals surface area contributed by atoms with Gasteiger partial charge in [0.1, 0.15) is 11.4 Å². The Morgan fingerprint density at radius 2 is 1.70 bits per heavy atom. The number of hydrogen-bond acceptors (Lipinski definition) is 8. The Labute approximate surface area is 202 Å². The zero-order valence-corrected chi connectivity index (χ0v) is 20.4. The average Bonchev–Trinajstić information content (AvgIpc) is 2.77. The molecule has 1 atom stereocenters. The molecule has 9 nitrogen and oxygen atoms in total. The van der Waals surface area contributed by atoms with Crippen molar-refractivity contribution in [3.05, 3.63) is 34.3 Å². The molecule has 2 aromatic rings. The number of amides is 1. The van der Waals surface area contributed by atoms with Crippen molar-refractivity contribution in [2.75, 3.05) is 32.8 Å². The fourth-order valence-electron chi connectivity index (χ4n) is 2.80. The first-order valence-electron chi connectivity index (χ1n) is 9.99. The van der Waals surface area contributed by atoms with Crippen molar-refractivity contribution in [1.82, 2.24) is 0 Å². The molecule has 0 spiro atoms. The van der Waals surface area contributed by atoms with Crippen LogP contribution in [-0.2, 0) is 9.59 Å². The summed E-state index contributed by atoms with van der Waals surface area (Å²) in [4.78, 5) is 25.1. The summed E-state index contributed by atoms with van der Waals surface area (Å²) in [5.74, 6) is -0.0193. The second kappa shape index (κ2) is 12.3. The zero-order chi connectivity index (χ0) is 24.5. The molecule has 0 aromatic heterocycles. The van der Waals surface area contributed by atoms with Crippen molar-refractivity contribution in [1.29, 1.82) is 0 Å². The summed E-state index contributed by atoms with van der Waals surface area (Å²) in [5, 5.41) is 11.0. The van der Waals surface area contributed by atoms with Crippen LogP contribution in [0, 0.1) is 0 Å². The first-order chi connectivity index (χ1) is 15.8. The number of ketones is 1. The predicted octanol–water partition coefficient (Wildman–Crippen LogP) is 5.49. The fourth-order valence-corrected chi connectivity index (χ4v) is 3.27. The van der Waals surface area contributed by atoms with Gasteiger partial charge in [0, 0.05) is 12.1 Å². The van der Waals surface area contributed by atoms with E-state index in [9.17, 15) is 9.59 Å². The van der Waals surface area contributed by atoms with Crippen molar-refractivity contribution >= 4 is 46.3 Å². The van der Waals surface area contributed by atoms with Crippen LogP contribution >= 0.6 is 23.2 Å². The van der Waals surface area contributed by atoms with Gasteiger partial charge < -0.3 is 24.3 Å². The third-order valence-corrected chi connectivity index (χ3v) is 4.84. The van der Waals surface area contributed by atoms with Crippen molar-refractivity contribution in [3.8, 4) is 23.0 Å². The van der Waals surface area contributed by atoms with Gasteiger partial charge in [-0.05, 0) is 32.9 Å². The second-order valence-corrected chi connectivity index (χ2v) is 7.31. The first-order valence-corrected chi connectivity index (χ1v) is 10.7. The molecule has 0 bridgehead atoms. The summed E-state index contributed by atoms with van der Waals surface area (Å²) in [7, 11) is 2.85. The molecule has 0 fully saturated rings. The molecule has 178 valence electrons. The number of anilines is 1. The molecule has 1 unspecified atom stereocenters. The molecule has 0 heterocycles. The smallest absolute Gasteiger partial charge is 0.258 e. The van der Waals surface area contributed by atoms with E-state index in [-0.39, 0.29) is 32.9 Å². The van der Waals surface area contributed by atoms with E-state index in [1.165, 1.54) is 33.3 Å². The molecule has 11 heteroatoms. The lowest BCUT2D eigenvalue weighted by atomic mass is 10.2. The lowest BCUT2D eigenvalue weighted by Gasteiger charge is -2.16. The normalized spacial score (nSPS) is 11.7. The van der Waals surface area contributed by atoms with E-state index in [0.29, 0.717) is 24.7 Å². The van der Waals surface area contributed by atoms with E-state index in [4.69, 9.17) is 42.1 Å². The summed E-state index contributed by atoms with van der Waals surface area (Å²) in [6, 6.07) is 4.77. The molecule has 0 aliphatic carbocycles. The molecule has 0 aliphatic rings. The van der Waals surface area contributed by atoms with Gasteiger partial charge in [-0.1, -0.05) is 23.2 Å². The highest BCUT2D eigenvalue weighted by atomic mass is 35.5. The monoisotopic (exact) mass is 497 g/mol. The molecule has 33 heavy (non-hydrogen) atoms. The van der Waals surface area contributed by atoms with Crippen molar-refractivity contribution in [2.24, 2.45) is 10.2 Å². The van der Waals surface area contributed by atoms with E-state index in [1.54, 1.807) is 19.1 Å². The number of methoxy groups -OCH3 is 2. The molecule has 0 radical (unpaired) electrons. The van der Waals surface area contributed by atoms with Crippen LogP contribution in [-0.4, -0.2) is 45.2 Å².